The maximum atomic E-state index is 10.2. The second-order valence-corrected chi connectivity index (χ2v) is 6.26. The smallest absolute Gasteiger partial charge is 0.156 e. The zero-order valence-corrected chi connectivity index (χ0v) is 14.0. The van der Waals surface area contributed by atoms with Crippen molar-refractivity contribution in [2.24, 2.45) is 0 Å². The van der Waals surface area contributed by atoms with Crippen LogP contribution in [0.3, 0.4) is 0 Å². The number of hydrogen-bond acceptors (Lipinski definition) is 5. The van der Waals surface area contributed by atoms with Crippen molar-refractivity contribution in [1.29, 1.82) is 0 Å². The van der Waals surface area contributed by atoms with Crippen molar-refractivity contribution < 1.29 is 9.84 Å². The molecule has 1 atom stereocenters. The number of phenols is 1. The number of nitrogens with zero attached hydrogens (tertiary/aromatic N) is 3. The highest BCUT2D eigenvalue weighted by molar-refractivity contribution is 6.31. The third kappa shape index (κ3) is 3.41. The molecule has 0 spiro atoms. The molecule has 1 fully saturated rings. The van der Waals surface area contributed by atoms with Gasteiger partial charge in [-0.1, -0.05) is 17.7 Å². The molecule has 0 saturated carbocycles. The van der Waals surface area contributed by atoms with Crippen LogP contribution in [0.25, 0.3) is 0 Å². The fourth-order valence-corrected chi connectivity index (χ4v) is 3.16. The van der Waals surface area contributed by atoms with Gasteiger partial charge in [-0.25, -0.2) is 9.97 Å². The average molecular weight is 334 g/mol. The fourth-order valence-electron chi connectivity index (χ4n) is 3.01. The quantitative estimate of drug-likeness (QED) is 0.930. The van der Waals surface area contributed by atoms with E-state index in [1.54, 1.807) is 19.4 Å². The van der Waals surface area contributed by atoms with Crippen LogP contribution in [0.5, 0.6) is 5.75 Å². The molecule has 1 aromatic heterocycles. The molecule has 0 amide bonds. The van der Waals surface area contributed by atoms with Gasteiger partial charge < -0.3 is 14.7 Å². The highest BCUT2D eigenvalue weighted by atomic mass is 35.5. The van der Waals surface area contributed by atoms with E-state index in [9.17, 15) is 5.11 Å². The van der Waals surface area contributed by atoms with Crippen molar-refractivity contribution in [2.75, 3.05) is 25.1 Å². The molecule has 1 aromatic carbocycles. The Bertz CT molecular complexity index is 708. The SMILES string of the molecule is COCc1nccc(N2CCC(c3cc(C)c(Cl)cc3O)C2)n1. The van der Waals surface area contributed by atoms with Crippen molar-refractivity contribution in [3.8, 4) is 5.75 Å². The number of hydrogen-bond donors (Lipinski definition) is 1. The van der Waals surface area contributed by atoms with E-state index in [4.69, 9.17) is 16.3 Å². The van der Waals surface area contributed by atoms with Crippen LogP contribution in [-0.4, -0.2) is 35.3 Å². The summed E-state index contributed by atoms with van der Waals surface area (Å²) in [6.07, 6.45) is 2.73. The van der Waals surface area contributed by atoms with E-state index < -0.39 is 0 Å². The van der Waals surface area contributed by atoms with Gasteiger partial charge in [0, 0.05) is 37.3 Å². The Kier molecular flexibility index (Phi) is 4.68. The maximum Gasteiger partial charge on any atom is 0.156 e. The van der Waals surface area contributed by atoms with E-state index in [1.165, 1.54) is 0 Å². The molecule has 5 nitrogen and oxygen atoms in total. The van der Waals surface area contributed by atoms with E-state index in [2.05, 4.69) is 14.9 Å². The minimum absolute atomic E-state index is 0.270. The Balaban J connectivity index is 1.78. The largest absolute Gasteiger partial charge is 0.508 e. The van der Waals surface area contributed by atoms with Crippen molar-refractivity contribution in [2.45, 2.75) is 25.9 Å². The first kappa shape index (κ1) is 16.0. The van der Waals surface area contributed by atoms with Crippen LogP contribution in [-0.2, 0) is 11.3 Å². The summed E-state index contributed by atoms with van der Waals surface area (Å²) in [5.41, 5.74) is 1.95. The Labute approximate surface area is 140 Å². The molecule has 23 heavy (non-hydrogen) atoms. The molecular weight excluding hydrogens is 314 g/mol. The molecule has 0 bridgehead atoms. The monoisotopic (exact) mass is 333 g/mol. The van der Waals surface area contributed by atoms with Gasteiger partial charge in [0.2, 0.25) is 0 Å². The number of methoxy groups -OCH3 is 1. The van der Waals surface area contributed by atoms with Crippen LogP contribution < -0.4 is 4.90 Å². The summed E-state index contributed by atoms with van der Waals surface area (Å²) < 4.78 is 5.09. The first-order valence-corrected chi connectivity index (χ1v) is 8.01. The van der Waals surface area contributed by atoms with Gasteiger partial charge in [0.25, 0.3) is 0 Å². The van der Waals surface area contributed by atoms with Crippen LogP contribution in [0.4, 0.5) is 5.82 Å². The summed E-state index contributed by atoms with van der Waals surface area (Å²) in [5.74, 6) is 2.13. The van der Waals surface area contributed by atoms with Gasteiger partial charge >= 0.3 is 0 Å². The standard InChI is InChI=1S/C17H20ClN3O2/c1-11-7-13(15(22)8-14(11)18)12-4-6-21(9-12)17-3-5-19-16(20-17)10-23-2/h3,5,7-8,12,22H,4,6,9-10H2,1-2H3. The zero-order valence-electron chi connectivity index (χ0n) is 13.3. The number of rotatable bonds is 4. The van der Waals surface area contributed by atoms with Gasteiger partial charge in [0.1, 0.15) is 18.2 Å². The van der Waals surface area contributed by atoms with E-state index >= 15 is 0 Å². The lowest BCUT2D eigenvalue weighted by Gasteiger charge is -2.19. The number of phenolic OH excluding ortho intramolecular Hbond substituents is 1. The van der Waals surface area contributed by atoms with Gasteiger partial charge in [-0.15, -0.1) is 0 Å². The average Bonchev–Trinajstić information content (AvgIpc) is 3.01. The summed E-state index contributed by atoms with van der Waals surface area (Å²) in [6, 6.07) is 5.53. The number of benzene rings is 1. The van der Waals surface area contributed by atoms with Gasteiger partial charge in [0.15, 0.2) is 5.82 Å². The Hall–Kier alpha value is -1.85. The lowest BCUT2D eigenvalue weighted by molar-refractivity contribution is 0.178. The minimum Gasteiger partial charge on any atom is -0.508 e. The van der Waals surface area contributed by atoms with E-state index in [0.29, 0.717) is 17.5 Å². The van der Waals surface area contributed by atoms with Gasteiger partial charge in [-0.05, 0) is 36.6 Å². The summed E-state index contributed by atoms with van der Waals surface area (Å²) >= 11 is 6.07. The second kappa shape index (κ2) is 6.72. The van der Waals surface area contributed by atoms with Gasteiger partial charge in [-0.3, -0.25) is 0 Å². The molecule has 1 N–H and O–H groups in total. The second-order valence-electron chi connectivity index (χ2n) is 5.86. The Morgan fingerprint density at radius 1 is 1.43 bits per heavy atom. The number of ether oxygens (including phenoxy) is 1. The van der Waals surface area contributed by atoms with Crippen LogP contribution in [0.1, 0.15) is 29.3 Å². The number of aryl methyl sites for hydroxylation is 1. The highest BCUT2D eigenvalue weighted by Gasteiger charge is 2.27. The zero-order chi connectivity index (χ0) is 16.4. The van der Waals surface area contributed by atoms with E-state index in [1.807, 2.05) is 19.1 Å². The van der Waals surface area contributed by atoms with E-state index in [-0.39, 0.29) is 11.7 Å². The van der Waals surface area contributed by atoms with Gasteiger partial charge in [0.05, 0.1) is 0 Å². The molecule has 3 rings (SSSR count). The number of anilines is 1. The van der Waals surface area contributed by atoms with Crippen molar-refractivity contribution in [3.05, 3.63) is 46.4 Å². The Morgan fingerprint density at radius 3 is 3.04 bits per heavy atom. The van der Waals surface area contributed by atoms with Crippen LogP contribution >= 0.6 is 11.6 Å². The molecule has 6 heteroatoms. The van der Waals surface area contributed by atoms with Crippen molar-refractivity contribution in [1.82, 2.24) is 9.97 Å². The molecule has 0 radical (unpaired) electrons. The Morgan fingerprint density at radius 2 is 2.26 bits per heavy atom. The third-order valence-corrected chi connectivity index (χ3v) is 4.63. The number of aromatic nitrogens is 2. The molecule has 1 unspecified atom stereocenters. The first-order valence-electron chi connectivity index (χ1n) is 7.63. The third-order valence-electron chi connectivity index (χ3n) is 4.22. The number of halogens is 1. The molecule has 2 aromatic rings. The first-order chi connectivity index (χ1) is 11.1. The summed E-state index contributed by atoms with van der Waals surface area (Å²) in [5, 5.41) is 10.8. The molecule has 2 heterocycles. The van der Waals surface area contributed by atoms with Crippen LogP contribution in [0, 0.1) is 6.92 Å². The van der Waals surface area contributed by atoms with Crippen molar-refractivity contribution in [3.63, 3.8) is 0 Å². The lowest BCUT2D eigenvalue weighted by Crippen LogP contribution is -2.21. The maximum absolute atomic E-state index is 10.2. The van der Waals surface area contributed by atoms with E-state index in [0.717, 1.165) is 36.5 Å². The lowest BCUT2D eigenvalue weighted by atomic mass is 9.96. The summed E-state index contributed by atoms with van der Waals surface area (Å²) in [7, 11) is 1.63. The minimum atomic E-state index is 0.270. The summed E-state index contributed by atoms with van der Waals surface area (Å²) in [6.45, 7) is 4.08. The van der Waals surface area contributed by atoms with Crippen LogP contribution in [0.2, 0.25) is 5.02 Å². The predicted octanol–water partition coefficient (Wildman–Crippen LogP) is 3.28. The molecule has 1 saturated heterocycles. The molecule has 0 aliphatic carbocycles. The predicted molar refractivity (Wildman–Crippen MR) is 90.2 cm³/mol. The topological polar surface area (TPSA) is 58.5 Å². The van der Waals surface area contributed by atoms with Crippen LogP contribution in [0.15, 0.2) is 24.4 Å². The molecule has 1 aliphatic rings. The summed E-state index contributed by atoms with van der Waals surface area (Å²) in [4.78, 5) is 10.9. The highest BCUT2D eigenvalue weighted by Crippen LogP contribution is 2.37. The van der Waals surface area contributed by atoms with Crippen molar-refractivity contribution >= 4 is 17.4 Å². The normalized spacial score (nSPS) is 17.7. The number of aromatic hydroxyl groups is 1. The molecule has 1 aliphatic heterocycles. The fraction of sp³-hybridized carbons (Fsp3) is 0.412. The molecular formula is C17H20ClN3O2. The van der Waals surface area contributed by atoms with Gasteiger partial charge in [-0.2, -0.15) is 0 Å². The molecule has 122 valence electrons.